The Labute approximate surface area is 149 Å². The van der Waals surface area contributed by atoms with Gasteiger partial charge in [-0.1, -0.05) is 6.07 Å². The minimum absolute atomic E-state index is 0.0767. The molecule has 1 unspecified atom stereocenters. The largest absolute Gasteiger partial charge is 0.348 e. The molecule has 1 aliphatic heterocycles. The molecule has 1 amide bonds. The van der Waals surface area contributed by atoms with Gasteiger partial charge in [-0.2, -0.15) is 5.10 Å². The van der Waals surface area contributed by atoms with E-state index in [1.807, 2.05) is 4.90 Å². The number of aromatic nitrogens is 3. The van der Waals surface area contributed by atoms with Crippen molar-refractivity contribution in [1.29, 1.82) is 0 Å². The van der Waals surface area contributed by atoms with Gasteiger partial charge < -0.3 is 5.32 Å². The number of rotatable bonds is 5. The standard InChI is InChI=1S/C17H21F2N5O2/c1-11(14-3-2-12(18)8-15(14)19)21-16(25)9-23-6-4-13(5-7-23)24-10-20-22-17(24)26/h2-3,8,10-11,13H,4-7,9H2,1H3,(H,21,25)(H,22,26). The summed E-state index contributed by atoms with van der Waals surface area (Å²) in [5.74, 6) is -1.55. The van der Waals surface area contributed by atoms with E-state index in [0.717, 1.165) is 18.9 Å². The molecule has 26 heavy (non-hydrogen) atoms. The number of hydrogen-bond donors (Lipinski definition) is 2. The van der Waals surface area contributed by atoms with Crippen LogP contribution in [0, 0.1) is 11.6 Å². The number of amides is 1. The monoisotopic (exact) mass is 365 g/mol. The topological polar surface area (TPSA) is 83.0 Å². The molecule has 1 aliphatic rings. The number of nitrogens with zero attached hydrogens (tertiary/aromatic N) is 3. The van der Waals surface area contributed by atoms with E-state index in [1.165, 1.54) is 18.5 Å². The summed E-state index contributed by atoms with van der Waals surface area (Å²) < 4.78 is 28.3. The van der Waals surface area contributed by atoms with Gasteiger partial charge in [-0.25, -0.2) is 18.7 Å². The third kappa shape index (κ3) is 4.16. The first-order valence-corrected chi connectivity index (χ1v) is 8.52. The fourth-order valence-electron chi connectivity index (χ4n) is 3.29. The number of hydrogen-bond acceptors (Lipinski definition) is 4. The lowest BCUT2D eigenvalue weighted by atomic mass is 10.0. The number of halogens is 2. The van der Waals surface area contributed by atoms with Gasteiger partial charge in [-0.3, -0.25) is 14.3 Å². The second-order valence-electron chi connectivity index (χ2n) is 6.53. The lowest BCUT2D eigenvalue weighted by Crippen LogP contribution is -2.43. The van der Waals surface area contributed by atoms with Crippen molar-refractivity contribution in [1.82, 2.24) is 25.0 Å². The summed E-state index contributed by atoms with van der Waals surface area (Å²) in [5, 5.41) is 8.85. The maximum absolute atomic E-state index is 13.8. The number of carbonyl (C=O) groups excluding carboxylic acids is 1. The van der Waals surface area contributed by atoms with Crippen molar-refractivity contribution in [2.24, 2.45) is 0 Å². The van der Waals surface area contributed by atoms with Gasteiger partial charge >= 0.3 is 5.69 Å². The molecule has 2 N–H and O–H groups in total. The zero-order chi connectivity index (χ0) is 18.7. The van der Waals surface area contributed by atoms with Crippen molar-refractivity contribution >= 4 is 5.91 Å². The minimum atomic E-state index is -0.677. The van der Waals surface area contributed by atoms with Crippen molar-refractivity contribution in [2.75, 3.05) is 19.6 Å². The van der Waals surface area contributed by atoms with E-state index in [0.29, 0.717) is 13.1 Å². The van der Waals surface area contributed by atoms with Gasteiger partial charge in [0, 0.05) is 30.8 Å². The molecule has 1 saturated heterocycles. The lowest BCUT2D eigenvalue weighted by molar-refractivity contribution is -0.123. The molecule has 1 fully saturated rings. The normalized spacial score (nSPS) is 17.2. The highest BCUT2D eigenvalue weighted by molar-refractivity contribution is 5.78. The van der Waals surface area contributed by atoms with Gasteiger partial charge in [0.15, 0.2) is 0 Å². The Hall–Kier alpha value is -2.55. The second-order valence-corrected chi connectivity index (χ2v) is 6.53. The molecule has 0 saturated carbocycles. The van der Waals surface area contributed by atoms with Crippen LogP contribution < -0.4 is 11.0 Å². The molecule has 1 atom stereocenters. The first-order valence-electron chi connectivity index (χ1n) is 8.52. The van der Waals surface area contributed by atoms with Crippen LogP contribution in [-0.2, 0) is 4.79 Å². The molecule has 0 radical (unpaired) electrons. The highest BCUT2D eigenvalue weighted by atomic mass is 19.1. The van der Waals surface area contributed by atoms with Crippen LogP contribution in [0.15, 0.2) is 29.3 Å². The number of H-pyrrole nitrogens is 1. The van der Waals surface area contributed by atoms with E-state index >= 15 is 0 Å². The van der Waals surface area contributed by atoms with Crippen LogP contribution >= 0.6 is 0 Å². The first-order chi connectivity index (χ1) is 12.4. The maximum atomic E-state index is 13.8. The quantitative estimate of drug-likeness (QED) is 0.838. The van der Waals surface area contributed by atoms with Crippen molar-refractivity contribution in [2.45, 2.75) is 31.8 Å². The molecule has 1 aromatic heterocycles. The Kier molecular flexibility index (Phi) is 5.46. The van der Waals surface area contributed by atoms with Gasteiger partial charge in [0.1, 0.15) is 18.0 Å². The van der Waals surface area contributed by atoms with E-state index in [1.54, 1.807) is 11.5 Å². The van der Waals surface area contributed by atoms with E-state index in [2.05, 4.69) is 15.5 Å². The molecule has 0 aliphatic carbocycles. The van der Waals surface area contributed by atoms with E-state index in [4.69, 9.17) is 0 Å². The summed E-state index contributed by atoms with van der Waals surface area (Å²) in [4.78, 5) is 25.8. The fraction of sp³-hybridized carbons (Fsp3) is 0.471. The number of likely N-dealkylation sites (tertiary alicyclic amines) is 1. The summed E-state index contributed by atoms with van der Waals surface area (Å²) in [6.07, 6.45) is 2.98. The maximum Gasteiger partial charge on any atom is 0.343 e. The number of carbonyl (C=O) groups is 1. The summed E-state index contributed by atoms with van der Waals surface area (Å²) >= 11 is 0. The summed E-state index contributed by atoms with van der Waals surface area (Å²) in [6, 6.07) is 2.84. The van der Waals surface area contributed by atoms with Crippen molar-refractivity contribution in [3.63, 3.8) is 0 Å². The summed E-state index contributed by atoms with van der Waals surface area (Å²) in [5.41, 5.74) is 0.0223. The smallest absolute Gasteiger partial charge is 0.343 e. The van der Waals surface area contributed by atoms with Crippen LogP contribution in [0.3, 0.4) is 0 Å². The van der Waals surface area contributed by atoms with Crippen LogP contribution in [-0.4, -0.2) is 45.2 Å². The number of benzene rings is 1. The SMILES string of the molecule is CC(NC(=O)CN1CCC(n2cn[nH]c2=O)CC1)c1ccc(F)cc1F. The highest BCUT2D eigenvalue weighted by Gasteiger charge is 2.24. The molecule has 0 bridgehead atoms. The number of piperidine rings is 1. The number of aromatic amines is 1. The van der Waals surface area contributed by atoms with E-state index < -0.39 is 17.7 Å². The van der Waals surface area contributed by atoms with Gasteiger partial charge in [-0.15, -0.1) is 0 Å². The summed E-state index contributed by atoms with van der Waals surface area (Å²) in [7, 11) is 0. The van der Waals surface area contributed by atoms with Gasteiger partial charge in [0.05, 0.1) is 12.6 Å². The molecule has 140 valence electrons. The second kappa shape index (κ2) is 7.77. The van der Waals surface area contributed by atoms with Gasteiger partial charge in [-0.05, 0) is 25.8 Å². The molecule has 7 nitrogen and oxygen atoms in total. The molecule has 0 spiro atoms. The van der Waals surface area contributed by atoms with Crippen LogP contribution in [0.25, 0.3) is 0 Å². The van der Waals surface area contributed by atoms with Crippen molar-refractivity contribution in [3.8, 4) is 0 Å². The van der Waals surface area contributed by atoms with Crippen LogP contribution in [0.5, 0.6) is 0 Å². The third-order valence-corrected chi connectivity index (χ3v) is 4.70. The Bertz CT molecular complexity index is 827. The van der Waals surface area contributed by atoms with Gasteiger partial charge in [0.25, 0.3) is 0 Å². The Balaban J connectivity index is 1.50. The predicted molar refractivity (Wildman–Crippen MR) is 90.5 cm³/mol. The number of nitrogens with one attached hydrogen (secondary N) is 2. The van der Waals surface area contributed by atoms with Crippen molar-refractivity contribution < 1.29 is 13.6 Å². The molecular weight excluding hydrogens is 344 g/mol. The van der Waals surface area contributed by atoms with Crippen LogP contribution in [0.4, 0.5) is 8.78 Å². The van der Waals surface area contributed by atoms with Crippen molar-refractivity contribution in [3.05, 3.63) is 52.2 Å². The summed E-state index contributed by atoms with van der Waals surface area (Å²) in [6.45, 7) is 3.20. The average molecular weight is 365 g/mol. The predicted octanol–water partition coefficient (Wildman–Crippen LogP) is 1.36. The fourth-order valence-corrected chi connectivity index (χ4v) is 3.29. The lowest BCUT2D eigenvalue weighted by Gasteiger charge is -2.31. The molecule has 2 heterocycles. The zero-order valence-electron chi connectivity index (χ0n) is 14.4. The highest BCUT2D eigenvalue weighted by Crippen LogP contribution is 2.21. The Morgan fingerprint density at radius 3 is 2.73 bits per heavy atom. The Morgan fingerprint density at radius 2 is 2.12 bits per heavy atom. The minimum Gasteiger partial charge on any atom is -0.348 e. The van der Waals surface area contributed by atoms with E-state index in [9.17, 15) is 18.4 Å². The molecular formula is C17H21F2N5O2. The van der Waals surface area contributed by atoms with Crippen LogP contribution in [0.1, 0.15) is 37.4 Å². The van der Waals surface area contributed by atoms with Gasteiger partial charge in [0.2, 0.25) is 5.91 Å². The molecule has 2 aromatic rings. The first kappa shape index (κ1) is 18.2. The van der Waals surface area contributed by atoms with Crippen LogP contribution in [0.2, 0.25) is 0 Å². The molecule has 9 heteroatoms. The molecule has 1 aromatic carbocycles. The molecule has 3 rings (SSSR count). The third-order valence-electron chi connectivity index (χ3n) is 4.70. The zero-order valence-corrected chi connectivity index (χ0v) is 14.4. The average Bonchev–Trinajstić information content (AvgIpc) is 3.01. The van der Waals surface area contributed by atoms with E-state index in [-0.39, 0.29) is 29.7 Å². The Morgan fingerprint density at radius 1 is 1.38 bits per heavy atom.